The summed E-state index contributed by atoms with van der Waals surface area (Å²) in [4.78, 5) is 24.1. The molecule has 0 aromatic carbocycles. The second-order valence-corrected chi connectivity index (χ2v) is 3.78. The summed E-state index contributed by atoms with van der Waals surface area (Å²) < 4.78 is 14.8. The van der Waals surface area contributed by atoms with Crippen molar-refractivity contribution in [2.24, 2.45) is 0 Å². The van der Waals surface area contributed by atoms with Gasteiger partial charge in [0.2, 0.25) is 0 Å². The average molecular weight is 285 g/mol. The molecule has 0 saturated heterocycles. The Kier molecular flexibility index (Phi) is 11.2. The Balaban J connectivity index is 3.75. The number of amides is 1. The molecule has 0 radical (unpaired) electrons. The summed E-state index contributed by atoms with van der Waals surface area (Å²) in [5.74, 6) is 4.03. The van der Waals surface area contributed by atoms with E-state index in [4.69, 9.17) is 14.2 Å². The Morgan fingerprint density at radius 2 is 1.70 bits per heavy atom. The number of carbonyl (C=O) groups excluding carboxylic acids is 2. The minimum Gasteiger partial charge on any atom is -0.454 e. The Bertz CT molecular complexity index is 341. The van der Waals surface area contributed by atoms with Gasteiger partial charge < -0.3 is 19.1 Å². The highest BCUT2D eigenvalue weighted by Crippen LogP contribution is 1.92. The summed E-state index contributed by atoms with van der Waals surface area (Å²) in [5, 5.41) is 0. The van der Waals surface area contributed by atoms with Crippen molar-refractivity contribution in [2.75, 3.05) is 39.5 Å². The van der Waals surface area contributed by atoms with Crippen LogP contribution >= 0.6 is 0 Å². The van der Waals surface area contributed by atoms with Gasteiger partial charge in [-0.1, -0.05) is 6.92 Å². The number of hydrogen-bond acceptors (Lipinski definition) is 5. The van der Waals surface area contributed by atoms with E-state index in [2.05, 4.69) is 11.8 Å². The third-order valence-electron chi connectivity index (χ3n) is 2.29. The van der Waals surface area contributed by atoms with Crippen molar-refractivity contribution < 1.29 is 23.8 Å². The maximum absolute atomic E-state index is 11.4. The van der Waals surface area contributed by atoms with Gasteiger partial charge >= 0.3 is 12.1 Å². The van der Waals surface area contributed by atoms with E-state index in [0.29, 0.717) is 26.3 Å². The molecule has 114 valence electrons. The standard InChI is InChI=1S/C14H23NO5/c1-4-9-18-11-12-19-13(16)8-7-10-20-14(17)15(5-2)6-3/h4-6,9-12H2,1-3H3. The molecule has 0 unspecified atom stereocenters. The normalized spacial score (nSPS) is 9.35. The highest BCUT2D eigenvalue weighted by atomic mass is 16.6. The molecule has 0 rings (SSSR count). The van der Waals surface area contributed by atoms with E-state index in [9.17, 15) is 9.59 Å². The van der Waals surface area contributed by atoms with Crippen molar-refractivity contribution in [2.45, 2.75) is 27.2 Å². The zero-order chi connectivity index (χ0) is 15.2. The molecule has 0 fully saturated rings. The molecule has 20 heavy (non-hydrogen) atoms. The van der Waals surface area contributed by atoms with E-state index >= 15 is 0 Å². The first-order chi connectivity index (χ1) is 9.65. The maximum Gasteiger partial charge on any atom is 0.410 e. The molecule has 6 heteroatoms. The van der Waals surface area contributed by atoms with Crippen molar-refractivity contribution in [1.82, 2.24) is 4.90 Å². The summed E-state index contributed by atoms with van der Waals surface area (Å²) in [6, 6.07) is 0. The predicted octanol–water partition coefficient (Wildman–Crippen LogP) is 1.44. The summed E-state index contributed by atoms with van der Waals surface area (Å²) in [5.41, 5.74) is 0. The van der Waals surface area contributed by atoms with Crippen LogP contribution in [0.15, 0.2) is 0 Å². The summed E-state index contributed by atoms with van der Waals surface area (Å²) >= 11 is 0. The van der Waals surface area contributed by atoms with Gasteiger partial charge in [0.25, 0.3) is 0 Å². The summed E-state index contributed by atoms with van der Waals surface area (Å²) in [6.07, 6.45) is 0.483. The van der Waals surface area contributed by atoms with E-state index < -0.39 is 12.1 Å². The van der Waals surface area contributed by atoms with Gasteiger partial charge in [-0.3, -0.25) is 0 Å². The fraction of sp³-hybridized carbons (Fsp3) is 0.714. The van der Waals surface area contributed by atoms with E-state index in [-0.39, 0.29) is 13.2 Å². The molecule has 0 N–H and O–H groups in total. The lowest BCUT2D eigenvalue weighted by atomic mass is 10.5. The Labute approximate surface area is 120 Å². The van der Waals surface area contributed by atoms with Crippen LogP contribution in [-0.2, 0) is 19.0 Å². The first kappa shape index (κ1) is 18.3. The molecule has 0 aromatic rings. The van der Waals surface area contributed by atoms with Gasteiger partial charge in [-0.25, -0.2) is 9.59 Å². The minimum atomic E-state index is -0.649. The number of rotatable bonds is 8. The Morgan fingerprint density at radius 1 is 1.00 bits per heavy atom. The molecule has 0 saturated carbocycles. The lowest BCUT2D eigenvalue weighted by Crippen LogP contribution is -2.31. The molecular formula is C14H23NO5. The van der Waals surface area contributed by atoms with Crippen LogP contribution in [0.3, 0.4) is 0 Å². The Morgan fingerprint density at radius 3 is 2.30 bits per heavy atom. The number of nitrogens with zero attached hydrogens (tertiary/aromatic N) is 1. The van der Waals surface area contributed by atoms with Gasteiger partial charge in [0, 0.05) is 25.6 Å². The molecule has 0 heterocycles. The van der Waals surface area contributed by atoms with Gasteiger partial charge in [0.1, 0.15) is 6.61 Å². The van der Waals surface area contributed by atoms with Gasteiger partial charge in [-0.2, -0.15) is 0 Å². The van der Waals surface area contributed by atoms with Crippen LogP contribution < -0.4 is 0 Å². The maximum atomic E-state index is 11.4. The fourth-order valence-electron chi connectivity index (χ4n) is 1.25. The zero-order valence-corrected chi connectivity index (χ0v) is 12.4. The van der Waals surface area contributed by atoms with Crippen LogP contribution in [0.2, 0.25) is 0 Å². The molecule has 1 amide bonds. The lowest BCUT2D eigenvalue weighted by molar-refractivity contribution is -0.138. The van der Waals surface area contributed by atoms with Crippen molar-refractivity contribution in [3.63, 3.8) is 0 Å². The molecule has 0 aliphatic rings. The average Bonchev–Trinajstić information content (AvgIpc) is 2.44. The van der Waals surface area contributed by atoms with E-state index in [1.54, 1.807) is 0 Å². The number of carbonyl (C=O) groups is 2. The number of esters is 1. The van der Waals surface area contributed by atoms with Gasteiger partial charge in [-0.15, -0.1) is 0 Å². The van der Waals surface area contributed by atoms with Crippen LogP contribution in [0.5, 0.6) is 0 Å². The molecule has 0 bridgehead atoms. The van der Waals surface area contributed by atoms with Crippen molar-refractivity contribution in [3.8, 4) is 11.8 Å². The predicted molar refractivity (Wildman–Crippen MR) is 74.1 cm³/mol. The van der Waals surface area contributed by atoms with Crippen molar-refractivity contribution in [3.05, 3.63) is 0 Å². The molecule has 0 atom stereocenters. The van der Waals surface area contributed by atoms with Crippen LogP contribution in [0.1, 0.15) is 27.2 Å². The Hall–Kier alpha value is -1.74. The summed E-state index contributed by atoms with van der Waals surface area (Å²) in [7, 11) is 0. The quantitative estimate of drug-likeness (QED) is 0.292. The van der Waals surface area contributed by atoms with Crippen LogP contribution in [0.25, 0.3) is 0 Å². The third-order valence-corrected chi connectivity index (χ3v) is 2.29. The first-order valence-electron chi connectivity index (χ1n) is 6.80. The largest absolute Gasteiger partial charge is 0.454 e. The smallest absolute Gasteiger partial charge is 0.410 e. The number of hydrogen-bond donors (Lipinski definition) is 0. The molecule has 0 aliphatic heterocycles. The molecule has 6 nitrogen and oxygen atoms in total. The van der Waals surface area contributed by atoms with Gasteiger partial charge in [-0.05, 0) is 26.2 Å². The third kappa shape index (κ3) is 9.22. The second-order valence-electron chi connectivity index (χ2n) is 3.78. The topological polar surface area (TPSA) is 65.1 Å². The molecule has 0 aromatic heterocycles. The first-order valence-corrected chi connectivity index (χ1v) is 6.80. The van der Waals surface area contributed by atoms with E-state index in [1.807, 2.05) is 20.8 Å². The zero-order valence-electron chi connectivity index (χ0n) is 12.4. The molecule has 0 aliphatic carbocycles. The molecular weight excluding hydrogens is 262 g/mol. The van der Waals surface area contributed by atoms with Gasteiger partial charge in [0.15, 0.2) is 6.61 Å². The lowest BCUT2D eigenvalue weighted by Gasteiger charge is -2.16. The summed E-state index contributed by atoms with van der Waals surface area (Å²) in [6.45, 7) is 7.90. The number of ether oxygens (including phenoxy) is 3. The minimum absolute atomic E-state index is 0.128. The van der Waals surface area contributed by atoms with Crippen molar-refractivity contribution in [1.29, 1.82) is 0 Å². The van der Waals surface area contributed by atoms with Crippen LogP contribution in [-0.4, -0.2) is 56.5 Å². The highest BCUT2D eigenvalue weighted by molar-refractivity contribution is 5.88. The highest BCUT2D eigenvalue weighted by Gasteiger charge is 2.09. The monoisotopic (exact) mass is 285 g/mol. The second kappa shape index (κ2) is 12.3. The van der Waals surface area contributed by atoms with Crippen LogP contribution in [0, 0.1) is 11.8 Å². The molecule has 0 spiro atoms. The van der Waals surface area contributed by atoms with Crippen LogP contribution in [0.4, 0.5) is 4.79 Å². The van der Waals surface area contributed by atoms with Gasteiger partial charge in [0.05, 0.1) is 6.61 Å². The van der Waals surface area contributed by atoms with E-state index in [1.165, 1.54) is 4.90 Å². The van der Waals surface area contributed by atoms with Crippen molar-refractivity contribution >= 4 is 12.1 Å². The van der Waals surface area contributed by atoms with E-state index in [0.717, 1.165) is 6.42 Å². The SMILES string of the molecule is CCCOCCOC(=O)C#CCOC(=O)N(CC)CC. The fourth-order valence-corrected chi connectivity index (χ4v) is 1.25.